The number of aryl methyl sites for hydroxylation is 1. The Labute approximate surface area is 130 Å². The predicted molar refractivity (Wildman–Crippen MR) is 87.3 cm³/mol. The Morgan fingerprint density at radius 2 is 1.94 bits per heavy atom. The van der Waals surface area contributed by atoms with Gasteiger partial charge in [-0.2, -0.15) is 0 Å². The number of hydrogen-bond acceptors (Lipinski definition) is 2. The summed E-state index contributed by atoms with van der Waals surface area (Å²) in [4.78, 5) is 0. The second kappa shape index (κ2) is 8.09. The molecule has 100 valence electrons. The topological polar surface area (TPSA) is 33.3 Å². The lowest BCUT2D eigenvalue weighted by Gasteiger charge is -2.14. The molecule has 1 aromatic rings. The Kier molecular flexibility index (Phi) is 7.14. The number of thiocarbonyl (C=S) groups is 1. The highest BCUT2D eigenvalue weighted by molar-refractivity contribution is 9.11. The molecule has 18 heavy (non-hydrogen) atoms. The van der Waals surface area contributed by atoms with E-state index >= 15 is 0 Å². The molecule has 2 N–H and O–H groups in total. The highest BCUT2D eigenvalue weighted by Gasteiger charge is 2.07. The van der Waals surface area contributed by atoms with Crippen LogP contribution in [-0.4, -0.2) is 25.4 Å². The minimum absolute atomic E-state index is 0.608. The van der Waals surface area contributed by atoms with Gasteiger partial charge in [-0.1, -0.05) is 0 Å². The van der Waals surface area contributed by atoms with Crippen LogP contribution in [-0.2, 0) is 4.74 Å². The van der Waals surface area contributed by atoms with Crippen LogP contribution in [0, 0.1) is 6.92 Å². The largest absolute Gasteiger partial charge is 0.385 e. The van der Waals surface area contributed by atoms with Gasteiger partial charge in [-0.15, -0.1) is 0 Å². The number of benzene rings is 1. The first-order chi connectivity index (χ1) is 8.54. The molecule has 1 rings (SSSR count). The zero-order valence-corrected chi connectivity index (χ0v) is 14.3. The Bertz CT molecular complexity index is 404. The molecule has 0 saturated carbocycles. The molecule has 0 unspecified atom stereocenters. The van der Waals surface area contributed by atoms with E-state index in [0.29, 0.717) is 5.11 Å². The van der Waals surface area contributed by atoms with Crippen LogP contribution in [0.4, 0.5) is 5.69 Å². The molecule has 0 aliphatic heterocycles. The Morgan fingerprint density at radius 3 is 2.50 bits per heavy atom. The van der Waals surface area contributed by atoms with Crippen molar-refractivity contribution in [1.82, 2.24) is 5.32 Å². The minimum atomic E-state index is 0.608. The zero-order chi connectivity index (χ0) is 13.5. The van der Waals surface area contributed by atoms with E-state index in [4.69, 9.17) is 17.0 Å². The van der Waals surface area contributed by atoms with Crippen molar-refractivity contribution in [3.8, 4) is 0 Å². The zero-order valence-electron chi connectivity index (χ0n) is 10.3. The normalized spacial score (nSPS) is 10.2. The van der Waals surface area contributed by atoms with Crippen molar-refractivity contribution in [2.45, 2.75) is 13.3 Å². The monoisotopic (exact) mass is 394 g/mol. The van der Waals surface area contributed by atoms with Gasteiger partial charge in [-0.3, -0.25) is 0 Å². The van der Waals surface area contributed by atoms with Gasteiger partial charge in [0.2, 0.25) is 0 Å². The van der Waals surface area contributed by atoms with E-state index in [2.05, 4.69) is 42.5 Å². The summed E-state index contributed by atoms with van der Waals surface area (Å²) >= 11 is 12.3. The molecule has 0 radical (unpaired) electrons. The van der Waals surface area contributed by atoms with Gasteiger partial charge in [0.1, 0.15) is 0 Å². The van der Waals surface area contributed by atoms with Crippen LogP contribution in [0.3, 0.4) is 0 Å². The second-order valence-corrected chi connectivity index (χ2v) is 5.95. The Hall–Kier alpha value is -0.170. The minimum Gasteiger partial charge on any atom is -0.385 e. The number of methoxy groups -OCH3 is 1. The maximum absolute atomic E-state index is 5.23. The molecular formula is C12H16Br2N2OS. The smallest absolute Gasteiger partial charge is 0.170 e. The van der Waals surface area contributed by atoms with Gasteiger partial charge in [0.05, 0.1) is 5.69 Å². The third-order valence-electron chi connectivity index (χ3n) is 2.24. The average molecular weight is 396 g/mol. The van der Waals surface area contributed by atoms with E-state index in [0.717, 1.165) is 34.2 Å². The van der Waals surface area contributed by atoms with Crippen LogP contribution < -0.4 is 10.6 Å². The maximum Gasteiger partial charge on any atom is 0.170 e. The van der Waals surface area contributed by atoms with Gasteiger partial charge < -0.3 is 15.4 Å². The molecular weight excluding hydrogens is 380 g/mol. The number of rotatable bonds is 5. The van der Waals surface area contributed by atoms with Crippen molar-refractivity contribution >= 4 is 54.9 Å². The molecule has 1 aromatic carbocycles. The third-order valence-corrected chi connectivity index (χ3v) is 3.73. The highest BCUT2D eigenvalue weighted by Crippen LogP contribution is 2.32. The molecule has 3 nitrogen and oxygen atoms in total. The average Bonchev–Trinajstić information content (AvgIpc) is 2.29. The van der Waals surface area contributed by atoms with E-state index in [9.17, 15) is 0 Å². The van der Waals surface area contributed by atoms with E-state index in [1.807, 2.05) is 19.1 Å². The molecule has 0 bridgehead atoms. The summed E-state index contributed by atoms with van der Waals surface area (Å²) in [5.41, 5.74) is 2.11. The fraction of sp³-hybridized carbons (Fsp3) is 0.417. The van der Waals surface area contributed by atoms with Gasteiger partial charge in [-0.05, 0) is 75.1 Å². The summed E-state index contributed by atoms with van der Waals surface area (Å²) in [6.45, 7) is 3.56. The lowest BCUT2D eigenvalue weighted by Crippen LogP contribution is -2.30. The predicted octanol–water partition coefficient (Wildman–Crippen LogP) is 3.84. The van der Waals surface area contributed by atoms with Crippen LogP contribution in [0.25, 0.3) is 0 Å². The third kappa shape index (κ3) is 5.22. The van der Waals surface area contributed by atoms with Gasteiger partial charge in [0, 0.05) is 29.2 Å². The summed E-state index contributed by atoms with van der Waals surface area (Å²) in [5, 5.41) is 6.91. The first-order valence-electron chi connectivity index (χ1n) is 5.54. The fourth-order valence-corrected chi connectivity index (χ4v) is 3.21. The van der Waals surface area contributed by atoms with Crippen LogP contribution >= 0.6 is 44.1 Å². The molecule has 0 amide bonds. The standard InChI is InChI=1S/C12H16Br2N2OS/c1-8-6-9(13)11(10(14)7-8)16-12(18)15-4-3-5-17-2/h6-7H,3-5H2,1-2H3,(H2,15,16,18). The summed E-state index contributed by atoms with van der Waals surface area (Å²) in [6, 6.07) is 4.08. The molecule has 0 spiro atoms. The molecule has 0 aliphatic carbocycles. The van der Waals surface area contributed by atoms with E-state index in [-0.39, 0.29) is 0 Å². The van der Waals surface area contributed by atoms with E-state index < -0.39 is 0 Å². The highest BCUT2D eigenvalue weighted by atomic mass is 79.9. The number of ether oxygens (including phenoxy) is 1. The van der Waals surface area contributed by atoms with Gasteiger partial charge in [0.15, 0.2) is 5.11 Å². The van der Waals surface area contributed by atoms with E-state index in [1.165, 1.54) is 5.56 Å². The quantitative estimate of drug-likeness (QED) is 0.586. The summed E-state index contributed by atoms with van der Waals surface area (Å²) in [6.07, 6.45) is 0.925. The fourth-order valence-electron chi connectivity index (χ4n) is 1.40. The van der Waals surface area contributed by atoms with Crippen molar-refractivity contribution in [2.24, 2.45) is 0 Å². The maximum atomic E-state index is 5.23. The Balaban J connectivity index is 2.54. The first kappa shape index (κ1) is 15.9. The van der Waals surface area contributed by atoms with Crippen molar-refractivity contribution < 1.29 is 4.74 Å². The van der Waals surface area contributed by atoms with Crippen molar-refractivity contribution in [3.63, 3.8) is 0 Å². The molecule has 6 heteroatoms. The number of nitrogens with one attached hydrogen (secondary N) is 2. The molecule has 0 heterocycles. The first-order valence-corrected chi connectivity index (χ1v) is 7.53. The summed E-state index contributed by atoms with van der Waals surface area (Å²) in [7, 11) is 1.69. The second-order valence-electron chi connectivity index (χ2n) is 3.83. The van der Waals surface area contributed by atoms with E-state index in [1.54, 1.807) is 7.11 Å². The molecule has 0 aromatic heterocycles. The molecule has 0 fully saturated rings. The number of halogens is 2. The van der Waals surface area contributed by atoms with Gasteiger partial charge >= 0.3 is 0 Å². The van der Waals surface area contributed by atoms with Crippen LogP contribution in [0.15, 0.2) is 21.1 Å². The lowest BCUT2D eigenvalue weighted by atomic mass is 10.2. The lowest BCUT2D eigenvalue weighted by molar-refractivity contribution is 0.196. The van der Waals surface area contributed by atoms with Gasteiger partial charge in [-0.25, -0.2) is 0 Å². The molecule has 0 aliphatic rings. The van der Waals surface area contributed by atoms with Crippen molar-refractivity contribution in [3.05, 3.63) is 26.6 Å². The van der Waals surface area contributed by atoms with Crippen molar-refractivity contribution in [2.75, 3.05) is 25.6 Å². The molecule has 0 atom stereocenters. The van der Waals surface area contributed by atoms with Crippen LogP contribution in [0.2, 0.25) is 0 Å². The number of hydrogen-bond donors (Lipinski definition) is 2. The Morgan fingerprint density at radius 1 is 1.33 bits per heavy atom. The summed E-state index contributed by atoms with van der Waals surface area (Å²) < 4.78 is 6.94. The van der Waals surface area contributed by atoms with Crippen molar-refractivity contribution in [1.29, 1.82) is 0 Å². The van der Waals surface area contributed by atoms with Crippen LogP contribution in [0.1, 0.15) is 12.0 Å². The molecule has 0 saturated heterocycles. The van der Waals surface area contributed by atoms with Gasteiger partial charge in [0.25, 0.3) is 0 Å². The summed E-state index contributed by atoms with van der Waals surface area (Å²) in [5.74, 6) is 0. The number of anilines is 1. The van der Waals surface area contributed by atoms with Crippen LogP contribution in [0.5, 0.6) is 0 Å². The SMILES string of the molecule is COCCCNC(=S)Nc1c(Br)cc(C)cc1Br.